The minimum atomic E-state index is -0.639. The molecule has 0 bridgehead atoms. The summed E-state index contributed by atoms with van der Waals surface area (Å²) >= 11 is 5.98. The zero-order chi connectivity index (χ0) is 21.3. The maximum Gasteiger partial charge on any atom is 0.343 e. The Morgan fingerprint density at radius 1 is 1.03 bits per heavy atom. The lowest BCUT2D eigenvalue weighted by atomic mass is 10.0. The highest BCUT2D eigenvalue weighted by atomic mass is 35.5. The number of amides is 1. The lowest BCUT2D eigenvalue weighted by Crippen LogP contribution is -2.09. The molecule has 150 valence electrons. The molecule has 30 heavy (non-hydrogen) atoms. The fraction of sp³-hybridized carbons (Fsp3) is 0.0435. The Morgan fingerprint density at radius 3 is 2.53 bits per heavy atom. The van der Waals surface area contributed by atoms with Gasteiger partial charge in [0.15, 0.2) is 11.5 Å². The summed E-state index contributed by atoms with van der Waals surface area (Å²) in [4.78, 5) is 24.6. The minimum absolute atomic E-state index is 0.206. The number of rotatable bonds is 4. The number of esters is 1. The molecule has 4 rings (SSSR count). The van der Waals surface area contributed by atoms with Crippen LogP contribution in [0.3, 0.4) is 0 Å². The first kappa shape index (κ1) is 19.7. The highest BCUT2D eigenvalue weighted by Gasteiger charge is 2.24. The number of methoxy groups -OCH3 is 1. The first-order valence-corrected chi connectivity index (χ1v) is 9.31. The highest BCUT2D eigenvalue weighted by molar-refractivity contribution is 6.36. The second-order valence-electron chi connectivity index (χ2n) is 6.51. The van der Waals surface area contributed by atoms with Crippen molar-refractivity contribution in [3.63, 3.8) is 0 Å². The van der Waals surface area contributed by atoms with Gasteiger partial charge in [-0.1, -0.05) is 23.7 Å². The molecule has 0 fully saturated rings. The maximum absolute atomic E-state index is 13.0. The number of halogens is 2. The van der Waals surface area contributed by atoms with Crippen LogP contribution >= 0.6 is 11.6 Å². The first-order valence-electron chi connectivity index (χ1n) is 8.93. The van der Waals surface area contributed by atoms with Crippen LogP contribution in [-0.4, -0.2) is 19.0 Å². The van der Waals surface area contributed by atoms with Gasteiger partial charge in [0.25, 0.3) is 5.91 Å². The van der Waals surface area contributed by atoms with E-state index in [9.17, 15) is 14.0 Å². The zero-order valence-corrected chi connectivity index (χ0v) is 16.5. The molecule has 1 heterocycles. The van der Waals surface area contributed by atoms with Crippen LogP contribution in [0, 0.1) is 5.82 Å². The van der Waals surface area contributed by atoms with E-state index in [0.29, 0.717) is 27.6 Å². The van der Waals surface area contributed by atoms with Crippen LogP contribution in [0.2, 0.25) is 5.02 Å². The molecule has 0 radical (unpaired) electrons. The zero-order valence-electron chi connectivity index (χ0n) is 15.7. The lowest BCUT2D eigenvalue weighted by molar-refractivity contribution is -0.110. The van der Waals surface area contributed by atoms with E-state index in [2.05, 4.69) is 5.32 Å². The second-order valence-corrected chi connectivity index (χ2v) is 6.95. The Bertz CT molecular complexity index is 1190. The van der Waals surface area contributed by atoms with Gasteiger partial charge < -0.3 is 14.8 Å². The van der Waals surface area contributed by atoms with E-state index in [4.69, 9.17) is 21.1 Å². The van der Waals surface area contributed by atoms with Crippen LogP contribution in [0.1, 0.15) is 21.5 Å². The normalized spacial score (nSPS) is 13.7. The summed E-state index contributed by atoms with van der Waals surface area (Å²) < 4.78 is 23.7. The Hall–Kier alpha value is -3.64. The molecule has 3 aromatic rings. The van der Waals surface area contributed by atoms with Crippen molar-refractivity contribution in [3.8, 4) is 11.5 Å². The van der Waals surface area contributed by atoms with Gasteiger partial charge >= 0.3 is 5.97 Å². The fourth-order valence-corrected chi connectivity index (χ4v) is 3.25. The van der Waals surface area contributed by atoms with Crippen molar-refractivity contribution >= 4 is 40.8 Å². The minimum Gasteiger partial charge on any atom is -0.493 e. The quantitative estimate of drug-likeness (QED) is 0.356. The van der Waals surface area contributed by atoms with E-state index in [0.717, 1.165) is 5.56 Å². The molecule has 3 aromatic carbocycles. The van der Waals surface area contributed by atoms with Crippen molar-refractivity contribution in [2.24, 2.45) is 0 Å². The van der Waals surface area contributed by atoms with Gasteiger partial charge in [0.1, 0.15) is 5.82 Å². The standard InChI is InChI=1S/C23H15ClFNO4/c1-29-21-11-13(10-18-17-8-5-15(24)12-19(17)26-22(18)27)2-9-20(21)30-23(28)14-3-6-16(25)7-4-14/h2-12H,1H3,(H,26,27)/b18-10+. The van der Waals surface area contributed by atoms with Gasteiger partial charge in [-0.15, -0.1) is 0 Å². The largest absolute Gasteiger partial charge is 0.493 e. The second kappa shape index (κ2) is 8.00. The Kier molecular flexibility index (Phi) is 5.25. The molecule has 5 nitrogen and oxygen atoms in total. The number of nitrogens with one attached hydrogen (secondary N) is 1. The monoisotopic (exact) mass is 423 g/mol. The van der Waals surface area contributed by atoms with Crippen molar-refractivity contribution in [2.75, 3.05) is 12.4 Å². The molecule has 7 heteroatoms. The summed E-state index contributed by atoms with van der Waals surface area (Å²) in [6.07, 6.45) is 1.71. The van der Waals surface area contributed by atoms with Gasteiger partial charge in [0.05, 0.1) is 18.4 Å². The Labute approximate surface area is 176 Å². The number of carbonyl (C=O) groups is 2. The van der Waals surface area contributed by atoms with Gasteiger partial charge in [-0.25, -0.2) is 9.18 Å². The highest BCUT2D eigenvalue weighted by Crippen LogP contribution is 2.36. The van der Waals surface area contributed by atoms with Gasteiger partial charge in [-0.2, -0.15) is 0 Å². The summed E-state index contributed by atoms with van der Waals surface area (Å²) in [5, 5.41) is 3.31. The van der Waals surface area contributed by atoms with Crippen LogP contribution in [0.25, 0.3) is 11.6 Å². The third-order valence-corrected chi connectivity index (χ3v) is 4.78. The number of ether oxygens (including phenoxy) is 2. The molecule has 1 amide bonds. The average Bonchev–Trinajstić information content (AvgIpc) is 3.03. The first-order chi connectivity index (χ1) is 14.4. The third kappa shape index (κ3) is 3.90. The molecule has 0 saturated carbocycles. The number of benzene rings is 3. The van der Waals surface area contributed by atoms with Gasteiger partial charge in [-0.05, 0) is 60.2 Å². The van der Waals surface area contributed by atoms with Gasteiger partial charge in [-0.3, -0.25) is 4.79 Å². The average molecular weight is 424 g/mol. The summed E-state index contributed by atoms with van der Waals surface area (Å²) in [5.74, 6) is -0.800. The molecule has 0 spiro atoms. The summed E-state index contributed by atoms with van der Waals surface area (Å²) in [6, 6.07) is 15.1. The predicted octanol–water partition coefficient (Wildman–Crippen LogP) is 5.20. The molecule has 0 aromatic heterocycles. The summed E-state index contributed by atoms with van der Waals surface area (Å²) in [5.41, 5.74) is 2.77. The SMILES string of the molecule is COc1cc(/C=C2/C(=O)Nc3cc(Cl)ccc32)ccc1OC(=O)c1ccc(F)cc1. The number of fused-ring (bicyclic) bond motifs is 1. The summed E-state index contributed by atoms with van der Waals surface area (Å²) in [6.45, 7) is 0. The predicted molar refractivity (Wildman–Crippen MR) is 112 cm³/mol. The molecular weight excluding hydrogens is 409 g/mol. The van der Waals surface area contributed by atoms with Crippen molar-refractivity contribution < 1.29 is 23.5 Å². The van der Waals surface area contributed by atoms with Crippen molar-refractivity contribution in [1.82, 2.24) is 0 Å². The molecule has 1 aliphatic heterocycles. The Morgan fingerprint density at radius 2 is 1.80 bits per heavy atom. The number of hydrogen-bond acceptors (Lipinski definition) is 4. The van der Waals surface area contributed by atoms with Crippen LogP contribution in [0.5, 0.6) is 11.5 Å². The van der Waals surface area contributed by atoms with Crippen LogP contribution in [-0.2, 0) is 4.79 Å². The number of anilines is 1. The van der Waals surface area contributed by atoms with E-state index in [1.54, 1.807) is 42.5 Å². The van der Waals surface area contributed by atoms with Crippen LogP contribution < -0.4 is 14.8 Å². The van der Waals surface area contributed by atoms with E-state index >= 15 is 0 Å². The lowest BCUT2D eigenvalue weighted by Gasteiger charge is -2.10. The van der Waals surface area contributed by atoms with Crippen molar-refractivity contribution in [2.45, 2.75) is 0 Å². The van der Waals surface area contributed by atoms with Crippen molar-refractivity contribution in [1.29, 1.82) is 0 Å². The molecule has 0 aliphatic carbocycles. The maximum atomic E-state index is 13.0. The van der Waals surface area contributed by atoms with Crippen molar-refractivity contribution in [3.05, 3.63) is 88.2 Å². The van der Waals surface area contributed by atoms with E-state index < -0.39 is 11.8 Å². The third-order valence-electron chi connectivity index (χ3n) is 4.55. The van der Waals surface area contributed by atoms with Gasteiger partial charge in [0, 0.05) is 16.2 Å². The van der Waals surface area contributed by atoms with Crippen LogP contribution in [0.4, 0.5) is 10.1 Å². The Balaban J connectivity index is 1.62. The number of hydrogen-bond donors (Lipinski definition) is 1. The molecule has 0 atom stereocenters. The molecular formula is C23H15ClFNO4. The fourth-order valence-electron chi connectivity index (χ4n) is 3.08. The smallest absolute Gasteiger partial charge is 0.343 e. The molecule has 0 saturated heterocycles. The van der Waals surface area contributed by atoms with E-state index in [1.165, 1.54) is 31.4 Å². The van der Waals surface area contributed by atoms with Crippen LogP contribution in [0.15, 0.2) is 60.7 Å². The van der Waals surface area contributed by atoms with E-state index in [-0.39, 0.29) is 17.2 Å². The topological polar surface area (TPSA) is 64.6 Å². The number of carbonyl (C=O) groups excluding carboxylic acids is 2. The van der Waals surface area contributed by atoms with Gasteiger partial charge in [0.2, 0.25) is 0 Å². The molecule has 1 N–H and O–H groups in total. The van der Waals surface area contributed by atoms with E-state index in [1.807, 2.05) is 0 Å². The molecule has 1 aliphatic rings. The molecule has 0 unspecified atom stereocenters. The summed E-state index contributed by atoms with van der Waals surface area (Å²) in [7, 11) is 1.45.